The third-order valence-electron chi connectivity index (χ3n) is 4.83. The first-order valence-corrected chi connectivity index (χ1v) is 11.5. The van der Waals surface area contributed by atoms with Crippen LogP contribution in [-0.2, 0) is 10.0 Å². The topological polar surface area (TPSA) is 84.5 Å². The average molecular weight is 439 g/mol. The Kier molecular flexibility index (Phi) is 6.97. The van der Waals surface area contributed by atoms with E-state index in [9.17, 15) is 13.2 Å². The SMILES string of the molecule is CCOc1ccc([C@H](C)NC(=O)c2ccc(NS(=O)(=O)c3ccccc3)c(C)c2)cc1. The average Bonchev–Trinajstić information content (AvgIpc) is 2.76. The normalized spacial score (nSPS) is 12.1. The summed E-state index contributed by atoms with van der Waals surface area (Å²) in [6, 6.07) is 20.4. The molecule has 0 spiro atoms. The van der Waals surface area contributed by atoms with Gasteiger partial charge in [-0.05, 0) is 74.4 Å². The summed E-state index contributed by atoms with van der Waals surface area (Å²) in [4.78, 5) is 12.9. The molecule has 0 saturated carbocycles. The summed E-state index contributed by atoms with van der Waals surface area (Å²) in [5, 5.41) is 2.97. The molecule has 0 radical (unpaired) electrons. The molecule has 3 rings (SSSR count). The lowest BCUT2D eigenvalue weighted by Crippen LogP contribution is -2.26. The third-order valence-corrected chi connectivity index (χ3v) is 6.21. The van der Waals surface area contributed by atoms with Crippen molar-refractivity contribution in [2.75, 3.05) is 11.3 Å². The van der Waals surface area contributed by atoms with E-state index >= 15 is 0 Å². The number of rotatable bonds is 8. The maximum Gasteiger partial charge on any atom is 0.261 e. The quantitative estimate of drug-likeness (QED) is 0.535. The van der Waals surface area contributed by atoms with Crippen molar-refractivity contribution in [2.24, 2.45) is 0 Å². The van der Waals surface area contributed by atoms with Gasteiger partial charge in [0, 0.05) is 5.56 Å². The summed E-state index contributed by atoms with van der Waals surface area (Å²) in [5.74, 6) is 0.552. The van der Waals surface area contributed by atoms with Gasteiger partial charge in [0.1, 0.15) is 5.75 Å². The predicted octanol–water partition coefficient (Wildman–Crippen LogP) is 4.69. The second kappa shape index (κ2) is 9.66. The molecular formula is C24H26N2O4S. The Morgan fingerprint density at radius 2 is 1.68 bits per heavy atom. The van der Waals surface area contributed by atoms with Gasteiger partial charge in [-0.2, -0.15) is 0 Å². The van der Waals surface area contributed by atoms with Crippen LogP contribution in [0, 0.1) is 6.92 Å². The Morgan fingerprint density at radius 1 is 1.00 bits per heavy atom. The summed E-state index contributed by atoms with van der Waals surface area (Å²) in [6.07, 6.45) is 0. The number of aryl methyl sites for hydroxylation is 1. The molecule has 2 N–H and O–H groups in total. The number of amides is 1. The summed E-state index contributed by atoms with van der Waals surface area (Å²) >= 11 is 0. The number of hydrogen-bond donors (Lipinski definition) is 2. The molecule has 1 atom stereocenters. The second-order valence-electron chi connectivity index (χ2n) is 7.15. The lowest BCUT2D eigenvalue weighted by atomic mass is 10.1. The lowest BCUT2D eigenvalue weighted by Gasteiger charge is -2.16. The molecule has 0 aromatic heterocycles. The fraction of sp³-hybridized carbons (Fsp3) is 0.208. The summed E-state index contributed by atoms with van der Waals surface area (Å²) in [5.41, 5.74) is 2.50. The number of anilines is 1. The van der Waals surface area contributed by atoms with Crippen molar-refractivity contribution < 1.29 is 17.9 Å². The van der Waals surface area contributed by atoms with Crippen LogP contribution in [0.2, 0.25) is 0 Å². The van der Waals surface area contributed by atoms with Gasteiger partial charge in [-0.25, -0.2) is 8.42 Å². The van der Waals surface area contributed by atoms with E-state index in [4.69, 9.17) is 4.74 Å². The highest BCUT2D eigenvalue weighted by atomic mass is 32.2. The van der Waals surface area contributed by atoms with Crippen LogP contribution in [-0.4, -0.2) is 20.9 Å². The van der Waals surface area contributed by atoms with Crippen molar-refractivity contribution in [3.05, 3.63) is 89.5 Å². The van der Waals surface area contributed by atoms with Gasteiger partial charge in [-0.1, -0.05) is 30.3 Å². The van der Waals surface area contributed by atoms with Gasteiger partial charge in [-0.3, -0.25) is 9.52 Å². The number of carbonyl (C=O) groups is 1. The number of ether oxygens (including phenoxy) is 1. The number of hydrogen-bond acceptors (Lipinski definition) is 4. The van der Waals surface area contributed by atoms with Gasteiger partial charge in [0.2, 0.25) is 0 Å². The molecule has 0 saturated heterocycles. The first kappa shape index (κ1) is 22.4. The molecule has 0 aliphatic rings. The Bertz CT molecular complexity index is 1140. The van der Waals surface area contributed by atoms with Crippen molar-refractivity contribution in [1.82, 2.24) is 5.32 Å². The van der Waals surface area contributed by atoms with E-state index in [1.165, 1.54) is 12.1 Å². The monoisotopic (exact) mass is 438 g/mol. The fourth-order valence-electron chi connectivity index (χ4n) is 3.11. The molecule has 3 aromatic rings. The van der Waals surface area contributed by atoms with Crippen molar-refractivity contribution in [3.8, 4) is 5.75 Å². The molecule has 7 heteroatoms. The Morgan fingerprint density at radius 3 is 2.29 bits per heavy atom. The van der Waals surface area contributed by atoms with Crippen LogP contribution < -0.4 is 14.8 Å². The molecule has 0 aliphatic heterocycles. The lowest BCUT2D eigenvalue weighted by molar-refractivity contribution is 0.0940. The number of sulfonamides is 1. The van der Waals surface area contributed by atoms with Gasteiger partial charge < -0.3 is 10.1 Å². The van der Waals surface area contributed by atoms with E-state index in [1.54, 1.807) is 43.3 Å². The van der Waals surface area contributed by atoms with E-state index in [1.807, 2.05) is 38.1 Å². The fourth-order valence-corrected chi connectivity index (χ4v) is 4.26. The third kappa shape index (κ3) is 5.64. The minimum Gasteiger partial charge on any atom is -0.494 e. The Balaban J connectivity index is 1.69. The highest BCUT2D eigenvalue weighted by molar-refractivity contribution is 7.92. The van der Waals surface area contributed by atoms with Crippen molar-refractivity contribution >= 4 is 21.6 Å². The number of benzene rings is 3. The van der Waals surface area contributed by atoms with E-state index in [2.05, 4.69) is 10.0 Å². The van der Waals surface area contributed by atoms with Gasteiger partial charge in [0.05, 0.1) is 23.2 Å². The van der Waals surface area contributed by atoms with Crippen LogP contribution in [0.25, 0.3) is 0 Å². The molecule has 0 fully saturated rings. The molecular weight excluding hydrogens is 412 g/mol. The van der Waals surface area contributed by atoms with E-state index in [0.29, 0.717) is 23.4 Å². The minimum atomic E-state index is -3.69. The van der Waals surface area contributed by atoms with Crippen LogP contribution >= 0.6 is 0 Å². The predicted molar refractivity (Wildman–Crippen MR) is 122 cm³/mol. The zero-order valence-electron chi connectivity index (χ0n) is 17.8. The number of carbonyl (C=O) groups excluding carboxylic acids is 1. The Hall–Kier alpha value is -3.32. The zero-order chi connectivity index (χ0) is 22.4. The molecule has 31 heavy (non-hydrogen) atoms. The molecule has 0 aliphatic carbocycles. The molecule has 3 aromatic carbocycles. The first-order valence-electron chi connectivity index (χ1n) is 10.0. The molecule has 0 bridgehead atoms. The van der Waals surface area contributed by atoms with E-state index in [-0.39, 0.29) is 16.8 Å². The maximum absolute atomic E-state index is 12.7. The second-order valence-corrected chi connectivity index (χ2v) is 8.83. The summed E-state index contributed by atoms with van der Waals surface area (Å²) in [6.45, 7) is 6.19. The summed E-state index contributed by atoms with van der Waals surface area (Å²) in [7, 11) is -3.69. The van der Waals surface area contributed by atoms with Crippen molar-refractivity contribution in [3.63, 3.8) is 0 Å². The molecule has 6 nitrogen and oxygen atoms in total. The molecule has 0 heterocycles. The molecule has 1 amide bonds. The van der Waals surface area contributed by atoms with Gasteiger partial charge >= 0.3 is 0 Å². The smallest absolute Gasteiger partial charge is 0.261 e. The largest absolute Gasteiger partial charge is 0.494 e. The van der Waals surface area contributed by atoms with Crippen LogP contribution in [0.3, 0.4) is 0 Å². The standard InChI is InChI=1S/C24H26N2O4S/c1-4-30-21-13-10-19(11-14-21)18(3)25-24(27)20-12-15-23(17(2)16-20)26-31(28,29)22-8-6-5-7-9-22/h5-16,18,26H,4H2,1-3H3,(H,25,27)/t18-/m0/s1. The van der Waals surface area contributed by atoms with Crippen molar-refractivity contribution in [1.29, 1.82) is 0 Å². The minimum absolute atomic E-state index is 0.181. The number of nitrogens with one attached hydrogen (secondary N) is 2. The summed E-state index contributed by atoms with van der Waals surface area (Å²) < 4.78 is 33.1. The zero-order valence-corrected chi connectivity index (χ0v) is 18.6. The molecule has 0 unspecified atom stereocenters. The van der Waals surface area contributed by atoms with Crippen molar-refractivity contribution in [2.45, 2.75) is 31.7 Å². The van der Waals surface area contributed by atoms with Crippen LogP contribution in [0.1, 0.15) is 41.4 Å². The van der Waals surface area contributed by atoms with E-state index in [0.717, 1.165) is 11.3 Å². The van der Waals surface area contributed by atoms with Crippen LogP contribution in [0.15, 0.2) is 77.7 Å². The van der Waals surface area contributed by atoms with Gasteiger partial charge in [0.15, 0.2) is 0 Å². The first-order chi connectivity index (χ1) is 14.8. The van der Waals surface area contributed by atoms with Crippen LogP contribution in [0.4, 0.5) is 5.69 Å². The van der Waals surface area contributed by atoms with E-state index < -0.39 is 10.0 Å². The Labute approximate surface area is 183 Å². The maximum atomic E-state index is 12.7. The van der Waals surface area contributed by atoms with Crippen LogP contribution in [0.5, 0.6) is 5.75 Å². The molecule has 162 valence electrons. The van der Waals surface area contributed by atoms with Gasteiger partial charge in [0.25, 0.3) is 15.9 Å². The highest BCUT2D eigenvalue weighted by Gasteiger charge is 2.17. The highest BCUT2D eigenvalue weighted by Crippen LogP contribution is 2.22. The van der Waals surface area contributed by atoms with Gasteiger partial charge in [-0.15, -0.1) is 0 Å².